The van der Waals surface area contributed by atoms with E-state index in [1.807, 2.05) is 4.90 Å². The number of carbonyl (C=O) groups excluding carboxylic acids is 1. The van der Waals surface area contributed by atoms with Crippen LogP contribution in [0.15, 0.2) is 0 Å². The summed E-state index contributed by atoms with van der Waals surface area (Å²) < 4.78 is 0. The van der Waals surface area contributed by atoms with Crippen molar-refractivity contribution in [2.24, 2.45) is 35.5 Å². The van der Waals surface area contributed by atoms with Crippen molar-refractivity contribution in [2.75, 3.05) is 13.2 Å². The highest BCUT2D eigenvalue weighted by Gasteiger charge is 2.68. The number of hydrogen-bond acceptors (Lipinski definition) is 2. The van der Waals surface area contributed by atoms with Gasteiger partial charge in [0.15, 0.2) is 0 Å². The van der Waals surface area contributed by atoms with Gasteiger partial charge in [0.1, 0.15) is 0 Å². The van der Waals surface area contributed by atoms with E-state index in [1.165, 1.54) is 19.3 Å². The molecule has 2 bridgehead atoms. The Kier molecular flexibility index (Phi) is 2.70. The number of rotatable bonds is 2. The van der Waals surface area contributed by atoms with E-state index in [-0.39, 0.29) is 12.6 Å². The standard InChI is InChI=1S/C16H25NO2/c1-9-3-2-6-17(12(9)8-18)16(19)15-13-10-4-5-11(7-10)14(13)15/h9-15,18H,2-8H2,1H3. The monoisotopic (exact) mass is 263 g/mol. The number of carbonyl (C=O) groups is 1. The lowest BCUT2D eigenvalue weighted by Gasteiger charge is -2.39. The van der Waals surface area contributed by atoms with Crippen LogP contribution in [0.1, 0.15) is 39.0 Å². The lowest BCUT2D eigenvalue weighted by atomic mass is 9.90. The minimum Gasteiger partial charge on any atom is -0.394 e. The highest BCUT2D eigenvalue weighted by atomic mass is 16.3. The van der Waals surface area contributed by atoms with E-state index in [9.17, 15) is 9.90 Å². The Hall–Kier alpha value is -0.570. The van der Waals surface area contributed by atoms with E-state index >= 15 is 0 Å². The van der Waals surface area contributed by atoms with Gasteiger partial charge in [-0.2, -0.15) is 0 Å². The zero-order valence-corrected chi connectivity index (χ0v) is 11.8. The summed E-state index contributed by atoms with van der Waals surface area (Å²) in [6, 6.07) is 0.0835. The number of aliphatic hydroxyl groups excluding tert-OH is 1. The van der Waals surface area contributed by atoms with Crippen molar-refractivity contribution in [1.29, 1.82) is 0 Å². The van der Waals surface area contributed by atoms with Gasteiger partial charge in [0.05, 0.1) is 12.6 Å². The molecule has 106 valence electrons. The predicted molar refractivity (Wildman–Crippen MR) is 72.3 cm³/mol. The van der Waals surface area contributed by atoms with Gasteiger partial charge in [-0.15, -0.1) is 0 Å². The summed E-state index contributed by atoms with van der Waals surface area (Å²) in [5.74, 6) is 4.35. The number of piperidine rings is 1. The topological polar surface area (TPSA) is 40.5 Å². The second-order valence-corrected chi connectivity index (χ2v) is 7.41. The SMILES string of the molecule is CC1CCCN(C(=O)C2C3C4CCC(C4)C23)C1CO. The van der Waals surface area contributed by atoms with Crippen LogP contribution in [0.5, 0.6) is 0 Å². The van der Waals surface area contributed by atoms with Crippen molar-refractivity contribution in [3.8, 4) is 0 Å². The molecule has 6 unspecified atom stereocenters. The fourth-order valence-electron chi connectivity index (χ4n) is 5.65. The Bertz CT molecular complexity index is 380. The zero-order valence-electron chi connectivity index (χ0n) is 11.8. The molecule has 6 atom stereocenters. The van der Waals surface area contributed by atoms with Crippen molar-refractivity contribution in [3.63, 3.8) is 0 Å². The molecule has 1 saturated heterocycles. The first-order chi connectivity index (χ1) is 9.22. The van der Waals surface area contributed by atoms with Crippen LogP contribution in [0.2, 0.25) is 0 Å². The van der Waals surface area contributed by atoms with Crippen molar-refractivity contribution >= 4 is 5.91 Å². The summed E-state index contributed by atoms with van der Waals surface area (Å²) in [6.07, 6.45) is 6.40. The highest BCUT2D eigenvalue weighted by Crippen LogP contribution is 2.69. The van der Waals surface area contributed by atoms with Crippen LogP contribution in [0, 0.1) is 35.5 Å². The third-order valence-electron chi connectivity index (χ3n) is 6.61. The van der Waals surface area contributed by atoms with Gasteiger partial charge in [-0.3, -0.25) is 4.79 Å². The first-order valence-electron chi connectivity index (χ1n) is 8.13. The molecule has 3 saturated carbocycles. The molecule has 0 aromatic heterocycles. The summed E-state index contributed by atoms with van der Waals surface area (Å²) in [5, 5.41) is 9.61. The first-order valence-corrected chi connectivity index (χ1v) is 8.13. The Labute approximate surface area is 115 Å². The molecule has 3 aliphatic carbocycles. The fraction of sp³-hybridized carbons (Fsp3) is 0.938. The average molecular weight is 263 g/mol. The molecule has 3 heteroatoms. The molecule has 3 nitrogen and oxygen atoms in total. The molecule has 1 amide bonds. The van der Waals surface area contributed by atoms with Gasteiger partial charge in [0.2, 0.25) is 5.91 Å². The quantitative estimate of drug-likeness (QED) is 0.826. The molecule has 4 rings (SSSR count). The van der Waals surface area contributed by atoms with E-state index < -0.39 is 0 Å². The second-order valence-electron chi connectivity index (χ2n) is 7.41. The maximum Gasteiger partial charge on any atom is 0.226 e. The molecule has 0 spiro atoms. The van der Waals surface area contributed by atoms with Crippen LogP contribution in [-0.4, -0.2) is 35.1 Å². The number of aliphatic hydroxyl groups is 1. The Morgan fingerprint density at radius 1 is 1.21 bits per heavy atom. The van der Waals surface area contributed by atoms with Gasteiger partial charge in [-0.25, -0.2) is 0 Å². The van der Waals surface area contributed by atoms with Crippen LogP contribution >= 0.6 is 0 Å². The van der Waals surface area contributed by atoms with Gasteiger partial charge in [0.25, 0.3) is 0 Å². The normalized spacial score (nSPS) is 51.3. The number of fused-ring (bicyclic) bond motifs is 5. The summed E-state index contributed by atoms with van der Waals surface area (Å²) in [5.41, 5.74) is 0. The molecule has 1 aliphatic heterocycles. The minimum atomic E-state index is 0.0835. The molecule has 4 aliphatic rings. The van der Waals surface area contributed by atoms with Crippen molar-refractivity contribution in [3.05, 3.63) is 0 Å². The van der Waals surface area contributed by atoms with Gasteiger partial charge in [-0.1, -0.05) is 6.92 Å². The lowest BCUT2D eigenvalue weighted by molar-refractivity contribution is -0.140. The molecule has 1 N–H and O–H groups in total. The molecule has 0 radical (unpaired) electrons. The fourth-order valence-corrected chi connectivity index (χ4v) is 5.65. The van der Waals surface area contributed by atoms with Gasteiger partial charge >= 0.3 is 0 Å². The van der Waals surface area contributed by atoms with Crippen molar-refractivity contribution < 1.29 is 9.90 Å². The maximum absolute atomic E-state index is 12.8. The van der Waals surface area contributed by atoms with Gasteiger partial charge in [0, 0.05) is 12.5 Å². The first kappa shape index (κ1) is 12.2. The van der Waals surface area contributed by atoms with Crippen molar-refractivity contribution in [1.82, 2.24) is 4.90 Å². The molecule has 4 fully saturated rings. The van der Waals surface area contributed by atoms with Crippen LogP contribution in [0.3, 0.4) is 0 Å². The maximum atomic E-state index is 12.8. The Balaban J connectivity index is 1.49. The van der Waals surface area contributed by atoms with Crippen LogP contribution in [-0.2, 0) is 4.79 Å². The van der Waals surface area contributed by atoms with E-state index in [0.717, 1.165) is 43.1 Å². The number of amides is 1. The zero-order chi connectivity index (χ0) is 13.1. The summed E-state index contributed by atoms with van der Waals surface area (Å²) in [7, 11) is 0. The molecular formula is C16H25NO2. The van der Waals surface area contributed by atoms with Gasteiger partial charge in [-0.05, 0) is 61.7 Å². The summed E-state index contributed by atoms with van der Waals surface area (Å²) in [4.78, 5) is 14.9. The third-order valence-corrected chi connectivity index (χ3v) is 6.61. The smallest absolute Gasteiger partial charge is 0.226 e. The third kappa shape index (κ3) is 1.63. The molecule has 0 aromatic rings. The second kappa shape index (κ2) is 4.21. The summed E-state index contributed by atoms with van der Waals surface area (Å²) in [6.45, 7) is 3.19. The van der Waals surface area contributed by atoms with Crippen LogP contribution in [0.4, 0.5) is 0 Å². The van der Waals surface area contributed by atoms with E-state index in [1.54, 1.807) is 0 Å². The average Bonchev–Trinajstić information content (AvgIpc) is 2.85. The molecular weight excluding hydrogens is 238 g/mol. The Morgan fingerprint density at radius 3 is 2.53 bits per heavy atom. The summed E-state index contributed by atoms with van der Waals surface area (Å²) >= 11 is 0. The molecule has 0 aromatic carbocycles. The van der Waals surface area contributed by atoms with Gasteiger partial charge < -0.3 is 10.0 Å². The van der Waals surface area contributed by atoms with E-state index in [0.29, 0.717) is 17.7 Å². The highest BCUT2D eigenvalue weighted by molar-refractivity contribution is 5.83. The number of hydrogen-bond donors (Lipinski definition) is 1. The minimum absolute atomic E-state index is 0.0835. The molecule has 1 heterocycles. The Morgan fingerprint density at radius 2 is 1.89 bits per heavy atom. The van der Waals surface area contributed by atoms with Crippen LogP contribution < -0.4 is 0 Å². The van der Waals surface area contributed by atoms with Crippen molar-refractivity contribution in [2.45, 2.75) is 45.1 Å². The predicted octanol–water partition coefficient (Wildman–Crippen LogP) is 1.90. The molecule has 19 heavy (non-hydrogen) atoms. The van der Waals surface area contributed by atoms with E-state index in [4.69, 9.17) is 0 Å². The lowest BCUT2D eigenvalue weighted by Crippen LogP contribution is -2.50. The van der Waals surface area contributed by atoms with E-state index in [2.05, 4.69) is 6.92 Å². The van der Waals surface area contributed by atoms with Crippen LogP contribution in [0.25, 0.3) is 0 Å². The number of likely N-dealkylation sites (tertiary alicyclic amines) is 1. The largest absolute Gasteiger partial charge is 0.394 e. The number of nitrogens with zero attached hydrogens (tertiary/aromatic N) is 1.